The third kappa shape index (κ3) is 2.97. The van der Waals surface area contributed by atoms with E-state index in [0.717, 1.165) is 37.1 Å². The Balaban J connectivity index is 2.06. The SMILES string of the molecule is CCNC(C)c1csc(N2CCOCC2C)n1. The normalized spacial score (nSPS) is 22.8. The summed E-state index contributed by atoms with van der Waals surface area (Å²) in [4.78, 5) is 7.07. The Morgan fingerprint density at radius 2 is 2.53 bits per heavy atom. The Kier molecular flexibility index (Phi) is 4.36. The van der Waals surface area contributed by atoms with Gasteiger partial charge in [0.2, 0.25) is 0 Å². The Morgan fingerprint density at radius 3 is 3.24 bits per heavy atom. The van der Waals surface area contributed by atoms with Gasteiger partial charge in [0.25, 0.3) is 0 Å². The van der Waals surface area contributed by atoms with Gasteiger partial charge >= 0.3 is 0 Å². The fourth-order valence-electron chi connectivity index (χ4n) is 2.03. The first kappa shape index (κ1) is 12.8. The van der Waals surface area contributed by atoms with Gasteiger partial charge in [0.1, 0.15) is 0 Å². The van der Waals surface area contributed by atoms with Crippen LogP contribution >= 0.6 is 11.3 Å². The second-order valence-corrected chi connectivity index (χ2v) is 5.29. The molecule has 0 radical (unpaired) electrons. The minimum Gasteiger partial charge on any atom is -0.377 e. The molecule has 1 N–H and O–H groups in total. The van der Waals surface area contributed by atoms with Crippen LogP contribution in [0.5, 0.6) is 0 Å². The molecule has 96 valence electrons. The number of morpholine rings is 1. The van der Waals surface area contributed by atoms with Crippen LogP contribution in [0.3, 0.4) is 0 Å². The molecule has 1 aromatic rings. The molecule has 0 spiro atoms. The highest BCUT2D eigenvalue weighted by Gasteiger charge is 2.22. The average Bonchev–Trinajstić information content (AvgIpc) is 2.79. The fraction of sp³-hybridized carbons (Fsp3) is 0.750. The summed E-state index contributed by atoms with van der Waals surface area (Å²) in [5.74, 6) is 0. The number of anilines is 1. The maximum atomic E-state index is 5.45. The first-order valence-corrected chi connectivity index (χ1v) is 7.13. The monoisotopic (exact) mass is 255 g/mol. The average molecular weight is 255 g/mol. The van der Waals surface area contributed by atoms with Crippen LogP contribution in [0.25, 0.3) is 0 Å². The van der Waals surface area contributed by atoms with E-state index in [4.69, 9.17) is 9.72 Å². The molecule has 2 rings (SSSR count). The number of thiazole rings is 1. The number of hydrogen-bond acceptors (Lipinski definition) is 5. The van der Waals surface area contributed by atoms with Gasteiger partial charge in [-0.3, -0.25) is 0 Å². The molecule has 2 atom stereocenters. The molecule has 2 heterocycles. The molecule has 1 aliphatic heterocycles. The molecule has 17 heavy (non-hydrogen) atoms. The molecule has 1 fully saturated rings. The molecule has 4 nitrogen and oxygen atoms in total. The number of ether oxygens (including phenoxy) is 1. The van der Waals surface area contributed by atoms with Crippen LogP contribution in [-0.2, 0) is 4.74 Å². The number of hydrogen-bond donors (Lipinski definition) is 1. The summed E-state index contributed by atoms with van der Waals surface area (Å²) in [6.07, 6.45) is 0. The molecule has 0 saturated carbocycles. The number of rotatable bonds is 4. The summed E-state index contributed by atoms with van der Waals surface area (Å²) in [7, 11) is 0. The van der Waals surface area contributed by atoms with E-state index in [1.165, 1.54) is 0 Å². The Labute approximate surface area is 107 Å². The molecule has 1 aliphatic rings. The van der Waals surface area contributed by atoms with Crippen molar-refractivity contribution < 1.29 is 4.74 Å². The second kappa shape index (κ2) is 5.80. The van der Waals surface area contributed by atoms with Crippen LogP contribution in [0.1, 0.15) is 32.5 Å². The van der Waals surface area contributed by atoms with E-state index in [0.29, 0.717) is 12.1 Å². The minimum absolute atomic E-state index is 0.335. The molecule has 0 amide bonds. The fourth-order valence-corrected chi connectivity index (χ4v) is 3.08. The van der Waals surface area contributed by atoms with E-state index < -0.39 is 0 Å². The summed E-state index contributed by atoms with van der Waals surface area (Å²) in [5.41, 5.74) is 1.14. The highest BCUT2D eigenvalue weighted by atomic mass is 32.1. The van der Waals surface area contributed by atoms with Gasteiger partial charge in [0.15, 0.2) is 5.13 Å². The van der Waals surface area contributed by atoms with E-state index in [1.807, 2.05) is 0 Å². The van der Waals surface area contributed by atoms with Crippen LogP contribution in [0.4, 0.5) is 5.13 Å². The second-order valence-electron chi connectivity index (χ2n) is 4.45. The molecule has 2 unspecified atom stereocenters. The van der Waals surface area contributed by atoms with E-state index in [1.54, 1.807) is 11.3 Å². The number of nitrogens with one attached hydrogen (secondary N) is 1. The summed E-state index contributed by atoms with van der Waals surface area (Å²) in [5, 5.41) is 6.67. The van der Waals surface area contributed by atoms with Gasteiger partial charge in [-0.05, 0) is 20.4 Å². The topological polar surface area (TPSA) is 37.4 Å². The van der Waals surface area contributed by atoms with Gasteiger partial charge in [0, 0.05) is 18.0 Å². The van der Waals surface area contributed by atoms with Gasteiger partial charge in [-0.2, -0.15) is 0 Å². The smallest absolute Gasteiger partial charge is 0.185 e. The van der Waals surface area contributed by atoms with Crippen LogP contribution < -0.4 is 10.2 Å². The molecule has 0 aromatic carbocycles. The van der Waals surface area contributed by atoms with E-state index in [9.17, 15) is 0 Å². The zero-order chi connectivity index (χ0) is 12.3. The van der Waals surface area contributed by atoms with Gasteiger partial charge in [-0.1, -0.05) is 6.92 Å². The predicted molar refractivity (Wildman–Crippen MR) is 71.8 cm³/mol. The van der Waals surface area contributed by atoms with Crippen molar-refractivity contribution in [2.75, 3.05) is 31.2 Å². The summed E-state index contributed by atoms with van der Waals surface area (Å²) < 4.78 is 5.45. The van der Waals surface area contributed by atoms with Crippen molar-refractivity contribution in [2.24, 2.45) is 0 Å². The van der Waals surface area contributed by atoms with Gasteiger partial charge in [-0.25, -0.2) is 4.98 Å². The van der Waals surface area contributed by atoms with Crippen molar-refractivity contribution in [1.82, 2.24) is 10.3 Å². The quantitative estimate of drug-likeness (QED) is 0.893. The van der Waals surface area contributed by atoms with Crippen LogP contribution in [0.15, 0.2) is 5.38 Å². The summed E-state index contributed by atoms with van der Waals surface area (Å²) in [6.45, 7) is 10.00. The standard InChI is InChI=1S/C12H21N3OS/c1-4-13-10(3)11-8-17-12(14-11)15-5-6-16-7-9(15)2/h8-10,13H,4-7H2,1-3H3. The molecule has 0 bridgehead atoms. The summed E-state index contributed by atoms with van der Waals surface area (Å²) >= 11 is 1.73. The zero-order valence-corrected chi connectivity index (χ0v) is 11.6. The summed E-state index contributed by atoms with van der Waals surface area (Å²) in [6, 6.07) is 0.763. The lowest BCUT2D eigenvalue weighted by molar-refractivity contribution is 0.0989. The third-order valence-electron chi connectivity index (χ3n) is 3.08. The van der Waals surface area contributed by atoms with Crippen molar-refractivity contribution in [3.8, 4) is 0 Å². The molecule has 5 heteroatoms. The van der Waals surface area contributed by atoms with Crippen molar-refractivity contribution in [3.05, 3.63) is 11.1 Å². The minimum atomic E-state index is 0.335. The molecule has 0 aliphatic carbocycles. The zero-order valence-electron chi connectivity index (χ0n) is 10.8. The predicted octanol–water partition coefficient (Wildman–Crippen LogP) is 2.04. The van der Waals surface area contributed by atoms with E-state index in [-0.39, 0.29) is 0 Å². The highest BCUT2D eigenvalue weighted by molar-refractivity contribution is 7.13. The molecule has 1 aromatic heterocycles. The first-order valence-electron chi connectivity index (χ1n) is 6.25. The van der Waals surface area contributed by atoms with Gasteiger partial charge in [-0.15, -0.1) is 11.3 Å². The lowest BCUT2D eigenvalue weighted by Crippen LogP contribution is -2.43. The van der Waals surface area contributed by atoms with Crippen molar-refractivity contribution in [2.45, 2.75) is 32.9 Å². The lowest BCUT2D eigenvalue weighted by atomic mass is 10.2. The van der Waals surface area contributed by atoms with E-state index in [2.05, 4.69) is 36.4 Å². The Morgan fingerprint density at radius 1 is 1.71 bits per heavy atom. The Bertz CT molecular complexity index is 355. The third-order valence-corrected chi connectivity index (χ3v) is 3.97. The maximum Gasteiger partial charge on any atom is 0.185 e. The number of aromatic nitrogens is 1. The Hall–Kier alpha value is -0.650. The van der Waals surface area contributed by atoms with Crippen molar-refractivity contribution in [1.29, 1.82) is 0 Å². The van der Waals surface area contributed by atoms with E-state index >= 15 is 0 Å². The molecule has 1 saturated heterocycles. The van der Waals surface area contributed by atoms with Crippen LogP contribution in [0, 0.1) is 0 Å². The number of nitrogens with zero attached hydrogens (tertiary/aromatic N) is 2. The maximum absolute atomic E-state index is 5.45. The van der Waals surface area contributed by atoms with Crippen molar-refractivity contribution >= 4 is 16.5 Å². The largest absolute Gasteiger partial charge is 0.377 e. The molecular formula is C12H21N3OS. The lowest BCUT2D eigenvalue weighted by Gasteiger charge is -2.32. The van der Waals surface area contributed by atoms with Gasteiger partial charge in [0.05, 0.1) is 24.9 Å². The van der Waals surface area contributed by atoms with Crippen molar-refractivity contribution in [3.63, 3.8) is 0 Å². The van der Waals surface area contributed by atoms with Crippen LogP contribution in [-0.4, -0.2) is 37.3 Å². The van der Waals surface area contributed by atoms with Gasteiger partial charge < -0.3 is 15.0 Å². The highest BCUT2D eigenvalue weighted by Crippen LogP contribution is 2.26. The first-order chi connectivity index (χ1) is 8.22. The molecular weight excluding hydrogens is 234 g/mol. The van der Waals surface area contributed by atoms with Crippen LogP contribution in [0.2, 0.25) is 0 Å².